The Morgan fingerprint density at radius 2 is 0.862 bits per heavy atom. The zero-order chi connectivity index (χ0) is 38.8. The summed E-state index contributed by atoms with van der Waals surface area (Å²) < 4.78 is 11.8. The Balaban J connectivity index is 0.00000283. The summed E-state index contributed by atoms with van der Waals surface area (Å²) in [6, 6.07) is 42.3. The highest BCUT2D eigenvalue weighted by molar-refractivity contribution is 5.70. The van der Waals surface area contributed by atoms with E-state index in [0.29, 0.717) is 45.9 Å². The fourth-order valence-electron chi connectivity index (χ4n) is 6.08. The summed E-state index contributed by atoms with van der Waals surface area (Å²) in [6.45, 7) is 0. The highest BCUT2D eigenvalue weighted by Crippen LogP contribution is 2.32. The lowest BCUT2D eigenvalue weighted by molar-refractivity contribution is -0.734. The molecule has 0 N–H and O–H groups in total. The molecule has 0 amide bonds. The van der Waals surface area contributed by atoms with Crippen LogP contribution < -0.4 is 43.9 Å². The first kappa shape index (κ1) is 40.1. The Kier molecular flexibility index (Phi) is 11.8. The van der Waals surface area contributed by atoms with Gasteiger partial charge >= 0.3 is 11.6 Å². The number of nitro benzene ring substituents is 2. The summed E-state index contributed by atoms with van der Waals surface area (Å²) in [5.74, 6) is 1.82. The minimum absolute atomic E-state index is 0. The molecule has 0 saturated carbocycles. The van der Waals surface area contributed by atoms with Gasteiger partial charge in [0, 0.05) is 33.9 Å². The molecule has 0 saturated heterocycles. The number of benzene rings is 6. The van der Waals surface area contributed by atoms with Crippen LogP contribution in [0.2, 0.25) is 0 Å². The molecule has 0 aliphatic rings. The second-order valence-electron chi connectivity index (χ2n) is 12.3. The maximum Gasteiger partial charge on any atom is 0.340 e. The summed E-state index contributed by atoms with van der Waals surface area (Å²) >= 11 is 0. The predicted octanol–water partition coefficient (Wildman–Crippen LogP) is 0.244. The van der Waals surface area contributed by atoms with Gasteiger partial charge in [0.1, 0.15) is 11.4 Å². The van der Waals surface area contributed by atoms with Gasteiger partial charge in [0.25, 0.3) is 11.4 Å². The number of tetrazole rings is 2. The molecule has 8 rings (SSSR count). The van der Waals surface area contributed by atoms with E-state index < -0.39 is 9.85 Å². The molecule has 0 aliphatic carbocycles. The van der Waals surface area contributed by atoms with E-state index in [9.17, 15) is 20.2 Å². The maximum atomic E-state index is 11.4. The molecular weight excluding hydrogens is 787 g/mol. The molecular formula is C40H30Cl2N10O6. The number of halogens is 2. The zero-order valence-corrected chi connectivity index (χ0v) is 32.0. The van der Waals surface area contributed by atoms with Crippen LogP contribution in [-0.4, -0.2) is 54.1 Å². The normalized spacial score (nSPS) is 10.6. The average molecular weight is 818 g/mol. The first-order valence-electron chi connectivity index (χ1n) is 17.1. The van der Waals surface area contributed by atoms with Crippen molar-refractivity contribution in [3.63, 3.8) is 0 Å². The van der Waals surface area contributed by atoms with Crippen molar-refractivity contribution in [2.75, 3.05) is 14.2 Å². The smallest absolute Gasteiger partial charge is 0.340 e. The van der Waals surface area contributed by atoms with Gasteiger partial charge in [-0.15, -0.1) is 0 Å². The molecule has 0 spiro atoms. The number of rotatable bonds is 11. The SMILES string of the molecule is COc1cc(-c2ccc(-[n+]3nc(-c4ccccc4)nn3-c3ccc([N+](=O)[O-])cc3)c(OC)c2)ccc1-[n+]1nc(-c2ccccc2)nn1-c1ccc([N+](=O)[O-])cc1.[Cl-].[Cl-]. The summed E-state index contributed by atoms with van der Waals surface area (Å²) in [5, 5.41) is 41.9. The van der Waals surface area contributed by atoms with Crippen LogP contribution in [-0.2, 0) is 0 Å². The van der Waals surface area contributed by atoms with E-state index in [4.69, 9.17) is 29.9 Å². The monoisotopic (exact) mass is 816 g/mol. The first-order valence-corrected chi connectivity index (χ1v) is 17.1. The topological polar surface area (TPSA) is 174 Å². The lowest BCUT2D eigenvalue weighted by Gasteiger charge is -2.11. The third-order valence-electron chi connectivity index (χ3n) is 8.89. The molecule has 0 fully saturated rings. The molecule has 0 aliphatic heterocycles. The third kappa shape index (κ3) is 7.77. The van der Waals surface area contributed by atoms with E-state index in [1.54, 1.807) is 57.7 Å². The highest BCUT2D eigenvalue weighted by atomic mass is 35.5. The number of ether oxygens (including phenoxy) is 2. The number of hydrogen-bond acceptors (Lipinski definition) is 10. The number of nitrogens with zero attached hydrogens (tertiary/aromatic N) is 10. The standard InChI is InChI=1S/C40H30N10O6.2ClH/c1-55-37-25-29(13-23-35(37)47-43-39(27-9-5-3-6-10-27)41-45(47)31-15-19-33(20-16-31)49(51)52)30-14-24-36(38(26-30)56-2)48-44-40(28-11-7-4-8-12-28)42-46(48)32-17-21-34(22-18-32)50(53)54;;/h3-26H,1-2H3;2*1H/q+2;;/p-2. The van der Waals surface area contributed by atoms with E-state index in [2.05, 4.69) is 0 Å². The van der Waals surface area contributed by atoms with Crippen molar-refractivity contribution >= 4 is 11.4 Å². The van der Waals surface area contributed by atoms with Crippen molar-refractivity contribution < 1.29 is 53.7 Å². The molecule has 0 atom stereocenters. The molecule has 8 aromatic rings. The number of hydrogen-bond donors (Lipinski definition) is 0. The first-order chi connectivity index (χ1) is 27.3. The quantitative estimate of drug-likeness (QED) is 0.100. The number of non-ortho nitro benzene ring substituents is 2. The summed E-state index contributed by atoms with van der Waals surface area (Å²) in [7, 11) is 3.12. The van der Waals surface area contributed by atoms with E-state index >= 15 is 0 Å². The van der Waals surface area contributed by atoms with Crippen LogP contribution >= 0.6 is 0 Å². The van der Waals surface area contributed by atoms with E-state index in [1.807, 2.05) is 97.1 Å². The van der Waals surface area contributed by atoms with Crippen molar-refractivity contribution in [3.05, 3.63) is 166 Å². The van der Waals surface area contributed by atoms with Crippen molar-refractivity contribution in [3.8, 4) is 68.2 Å². The van der Waals surface area contributed by atoms with Crippen LogP contribution in [0.3, 0.4) is 0 Å². The van der Waals surface area contributed by atoms with Crippen LogP contribution in [0.4, 0.5) is 11.4 Å². The van der Waals surface area contributed by atoms with Gasteiger partial charge in [-0.3, -0.25) is 20.2 Å². The summed E-state index contributed by atoms with van der Waals surface area (Å²) in [4.78, 5) is 28.1. The molecule has 18 heteroatoms. The minimum Gasteiger partial charge on any atom is -1.00 e. The van der Waals surface area contributed by atoms with Gasteiger partial charge in [0.2, 0.25) is 11.4 Å². The van der Waals surface area contributed by atoms with E-state index in [0.717, 1.165) is 22.3 Å². The molecule has 0 bridgehead atoms. The van der Waals surface area contributed by atoms with Crippen molar-refractivity contribution in [1.82, 2.24) is 30.0 Å². The molecule has 2 aromatic heterocycles. The van der Waals surface area contributed by atoms with Crippen LogP contribution in [0.5, 0.6) is 11.5 Å². The second-order valence-corrected chi connectivity index (χ2v) is 12.3. The Hall–Kier alpha value is -7.56. The average Bonchev–Trinajstić information content (AvgIpc) is 3.90. The van der Waals surface area contributed by atoms with Gasteiger partial charge in [-0.1, -0.05) is 36.4 Å². The fourth-order valence-corrected chi connectivity index (χ4v) is 6.08. The van der Waals surface area contributed by atoms with Gasteiger partial charge in [0.05, 0.1) is 45.4 Å². The Bertz CT molecular complexity index is 2540. The predicted molar refractivity (Wildman–Crippen MR) is 202 cm³/mol. The number of aromatic nitrogens is 8. The number of nitro groups is 2. The largest absolute Gasteiger partial charge is 1.00 e. The van der Waals surface area contributed by atoms with E-state index in [1.165, 1.54) is 24.3 Å². The van der Waals surface area contributed by atoms with Crippen LogP contribution in [0.1, 0.15) is 0 Å². The van der Waals surface area contributed by atoms with Crippen LogP contribution in [0, 0.1) is 20.2 Å². The Labute approximate surface area is 342 Å². The lowest BCUT2D eigenvalue weighted by Crippen LogP contribution is -3.00. The van der Waals surface area contributed by atoms with Gasteiger partial charge in [0.15, 0.2) is 11.5 Å². The molecule has 2 heterocycles. The Morgan fingerprint density at radius 1 is 0.500 bits per heavy atom. The maximum absolute atomic E-state index is 11.4. The second kappa shape index (κ2) is 17.1. The van der Waals surface area contributed by atoms with Gasteiger partial charge in [-0.25, -0.2) is 0 Å². The fraction of sp³-hybridized carbons (Fsp3) is 0.0500. The van der Waals surface area contributed by atoms with Gasteiger partial charge < -0.3 is 34.3 Å². The van der Waals surface area contributed by atoms with Crippen LogP contribution in [0.15, 0.2) is 146 Å². The summed E-state index contributed by atoms with van der Waals surface area (Å²) in [5.41, 5.74) is 5.28. The van der Waals surface area contributed by atoms with E-state index in [-0.39, 0.29) is 36.2 Å². The molecule has 58 heavy (non-hydrogen) atoms. The van der Waals surface area contributed by atoms with Crippen molar-refractivity contribution in [2.24, 2.45) is 0 Å². The van der Waals surface area contributed by atoms with Gasteiger partial charge in [-0.05, 0) is 116 Å². The highest BCUT2D eigenvalue weighted by Gasteiger charge is 2.29. The van der Waals surface area contributed by atoms with Crippen LogP contribution in [0.25, 0.3) is 56.7 Å². The molecule has 290 valence electrons. The summed E-state index contributed by atoms with van der Waals surface area (Å²) in [6.07, 6.45) is 0. The third-order valence-corrected chi connectivity index (χ3v) is 8.89. The lowest BCUT2D eigenvalue weighted by atomic mass is 10.0. The van der Waals surface area contributed by atoms with Crippen molar-refractivity contribution in [2.45, 2.75) is 0 Å². The number of methoxy groups -OCH3 is 2. The van der Waals surface area contributed by atoms with Gasteiger partial charge in [-0.2, -0.15) is 0 Å². The molecule has 0 radical (unpaired) electrons. The molecule has 6 aromatic carbocycles. The zero-order valence-electron chi connectivity index (χ0n) is 30.5. The Morgan fingerprint density at radius 3 is 1.19 bits per heavy atom. The molecule has 0 unspecified atom stereocenters. The minimum atomic E-state index is -0.456. The molecule has 16 nitrogen and oxygen atoms in total. The van der Waals surface area contributed by atoms with Crippen molar-refractivity contribution in [1.29, 1.82) is 0 Å².